The van der Waals surface area contributed by atoms with E-state index < -0.39 is 11.0 Å². The van der Waals surface area contributed by atoms with Gasteiger partial charge in [-0.25, -0.2) is 0 Å². The highest BCUT2D eigenvalue weighted by atomic mass is 16.6. The highest BCUT2D eigenvalue weighted by molar-refractivity contribution is 5.39. The number of nitrogens with one attached hydrogen (secondary N) is 1. The monoisotopic (exact) mass is 286 g/mol. The Hall–Kier alpha value is -1.51. The summed E-state index contributed by atoms with van der Waals surface area (Å²) in [6, 6.07) is 0. The quantitative estimate of drug-likeness (QED) is 0.457. The summed E-state index contributed by atoms with van der Waals surface area (Å²) in [7, 11) is 0. The van der Waals surface area contributed by atoms with Crippen LogP contribution in [-0.4, -0.2) is 50.7 Å². The van der Waals surface area contributed by atoms with Crippen LogP contribution in [0.1, 0.15) is 18.3 Å². The molecule has 3 N–H and O–H groups in total. The van der Waals surface area contributed by atoms with Crippen LogP contribution in [-0.2, 0) is 6.54 Å². The van der Waals surface area contributed by atoms with Gasteiger partial charge < -0.3 is 15.5 Å². The van der Waals surface area contributed by atoms with E-state index in [2.05, 4.69) is 10.4 Å². The summed E-state index contributed by atoms with van der Waals surface area (Å²) in [5.41, 5.74) is 0.788. The van der Waals surface area contributed by atoms with Gasteiger partial charge in [0, 0.05) is 13.2 Å². The van der Waals surface area contributed by atoms with Gasteiger partial charge in [0.15, 0.2) is 0 Å². The number of aromatic nitrogens is 2. The number of aliphatic hydroxyl groups excluding tert-OH is 2. The molecule has 0 spiro atoms. The Morgan fingerprint density at radius 1 is 1.45 bits per heavy atom. The number of hydrogen-bond acceptors (Lipinski definition) is 6. The third-order valence-electron chi connectivity index (χ3n) is 3.09. The molecule has 1 aromatic rings. The Labute approximate surface area is 117 Å². The van der Waals surface area contributed by atoms with Crippen molar-refractivity contribution >= 4 is 5.69 Å². The highest BCUT2D eigenvalue weighted by Gasteiger charge is 2.22. The largest absolute Gasteiger partial charge is 0.396 e. The zero-order valence-corrected chi connectivity index (χ0v) is 12.0. The maximum atomic E-state index is 10.9. The molecular weight excluding hydrogens is 264 g/mol. The molecule has 0 saturated heterocycles. The first-order valence-corrected chi connectivity index (χ1v) is 6.54. The Balaban J connectivity index is 2.56. The molecule has 8 nitrogen and oxygen atoms in total. The maximum Gasteiger partial charge on any atom is 0.312 e. The molecule has 0 aliphatic heterocycles. The van der Waals surface area contributed by atoms with E-state index in [9.17, 15) is 15.2 Å². The molecule has 114 valence electrons. The van der Waals surface area contributed by atoms with E-state index in [1.165, 1.54) is 4.68 Å². The minimum Gasteiger partial charge on any atom is -0.396 e. The first-order chi connectivity index (χ1) is 9.36. The second-order valence-corrected chi connectivity index (χ2v) is 5.06. The summed E-state index contributed by atoms with van der Waals surface area (Å²) >= 11 is 0. The van der Waals surface area contributed by atoms with Gasteiger partial charge in [0.25, 0.3) is 0 Å². The molecule has 0 aliphatic carbocycles. The van der Waals surface area contributed by atoms with E-state index in [-0.39, 0.29) is 24.8 Å². The molecule has 2 atom stereocenters. The van der Waals surface area contributed by atoms with Gasteiger partial charge in [-0.3, -0.25) is 14.8 Å². The van der Waals surface area contributed by atoms with Crippen LogP contribution in [0.4, 0.5) is 5.69 Å². The molecule has 0 saturated carbocycles. The van der Waals surface area contributed by atoms with Crippen molar-refractivity contribution in [3.8, 4) is 0 Å². The van der Waals surface area contributed by atoms with Crippen molar-refractivity contribution in [2.24, 2.45) is 5.92 Å². The molecule has 0 aromatic carbocycles. The lowest BCUT2D eigenvalue weighted by atomic mass is 10.2. The third-order valence-corrected chi connectivity index (χ3v) is 3.09. The lowest BCUT2D eigenvalue weighted by Crippen LogP contribution is -2.34. The molecule has 2 unspecified atom stereocenters. The van der Waals surface area contributed by atoms with E-state index in [1.54, 1.807) is 13.8 Å². The van der Waals surface area contributed by atoms with E-state index >= 15 is 0 Å². The first-order valence-electron chi connectivity index (χ1n) is 6.54. The summed E-state index contributed by atoms with van der Waals surface area (Å²) in [4.78, 5) is 10.4. The van der Waals surface area contributed by atoms with Crippen molar-refractivity contribution in [2.45, 2.75) is 33.4 Å². The maximum absolute atomic E-state index is 10.9. The van der Waals surface area contributed by atoms with Crippen molar-refractivity contribution in [3.63, 3.8) is 0 Å². The van der Waals surface area contributed by atoms with Crippen LogP contribution in [0.3, 0.4) is 0 Å². The summed E-state index contributed by atoms with van der Waals surface area (Å²) in [6.07, 6.45) is -0.696. The van der Waals surface area contributed by atoms with Crippen LogP contribution in [0.25, 0.3) is 0 Å². The lowest BCUT2D eigenvalue weighted by Gasteiger charge is -2.14. The van der Waals surface area contributed by atoms with Crippen LogP contribution in [0, 0.1) is 29.9 Å². The first kappa shape index (κ1) is 16.5. The fourth-order valence-electron chi connectivity index (χ4n) is 1.95. The van der Waals surface area contributed by atoms with Crippen LogP contribution >= 0.6 is 0 Å². The predicted molar refractivity (Wildman–Crippen MR) is 73.5 cm³/mol. The molecule has 0 amide bonds. The smallest absolute Gasteiger partial charge is 0.312 e. The van der Waals surface area contributed by atoms with Gasteiger partial charge in [-0.2, -0.15) is 5.10 Å². The molecule has 0 aliphatic rings. The third kappa shape index (κ3) is 4.26. The second kappa shape index (κ2) is 7.32. The number of aryl methyl sites for hydroxylation is 1. The fourth-order valence-corrected chi connectivity index (χ4v) is 1.95. The molecule has 0 bridgehead atoms. The van der Waals surface area contributed by atoms with E-state index in [1.807, 2.05) is 6.92 Å². The minimum atomic E-state index is -0.696. The zero-order chi connectivity index (χ0) is 15.3. The summed E-state index contributed by atoms with van der Waals surface area (Å²) < 4.78 is 1.45. The van der Waals surface area contributed by atoms with Crippen LogP contribution in [0.15, 0.2) is 0 Å². The Morgan fingerprint density at radius 2 is 2.10 bits per heavy atom. The number of rotatable bonds is 8. The average molecular weight is 286 g/mol. The SMILES string of the molecule is Cc1nn(CC(O)CNCC(C)CO)c(C)c1[N+](=O)[O-]. The number of hydrogen-bond donors (Lipinski definition) is 3. The molecule has 0 fully saturated rings. The van der Waals surface area contributed by atoms with Crippen molar-refractivity contribution in [1.82, 2.24) is 15.1 Å². The molecule has 20 heavy (non-hydrogen) atoms. The van der Waals surface area contributed by atoms with Gasteiger partial charge in [-0.1, -0.05) is 6.92 Å². The fraction of sp³-hybridized carbons (Fsp3) is 0.750. The summed E-state index contributed by atoms with van der Waals surface area (Å²) in [5.74, 6) is 0.122. The summed E-state index contributed by atoms with van der Waals surface area (Å²) in [5, 5.41) is 36.8. The van der Waals surface area contributed by atoms with Gasteiger partial charge in [0.05, 0.1) is 17.6 Å². The zero-order valence-electron chi connectivity index (χ0n) is 12.0. The minimum absolute atomic E-state index is 0.000869. The number of aliphatic hydroxyl groups is 2. The van der Waals surface area contributed by atoms with Crippen LogP contribution in [0.2, 0.25) is 0 Å². The van der Waals surface area contributed by atoms with E-state index in [0.717, 1.165) is 0 Å². The average Bonchev–Trinajstić information content (AvgIpc) is 2.63. The van der Waals surface area contributed by atoms with Crippen LogP contribution in [0.5, 0.6) is 0 Å². The van der Waals surface area contributed by atoms with Gasteiger partial charge in [-0.05, 0) is 26.3 Å². The van der Waals surface area contributed by atoms with Crippen LogP contribution < -0.4 is 5.32 Å². The number of nitrogens with zero attached hydrogens (tertiary/aromatic N) is 3. The van der Waals surface area contributed by atoms with E-state index in [0.29, 0.717) is 24.5 Å². The van der Waals surface area contributed by atoms with E-state index in [4.69, 9.17) is 5.11 Å². The van der Waals surface area contributed by atoms with Gasteiger partial charge in [-0.15, -0.1) is 0 Å². The van der Waals surface area contributed by atoms with Crippen molar-refractivity contribution < 1.29 is 15.1 Å². The highest BCUT2D eigenvalue weighted by Crippen LogP contribution is 2.21. The Bertz CT molecular complexity index is 461. The van der Waals surface area contributed by atoms with Gasteiger partial charge >= 0.3 is 5.69 Å². The van der Waals surface area contributed by atoms with Crippen molar-refractivity contribution in [1.29, 1.82) is 0 Å². The molecule has 8 heteroatoms. The second-order valence-electron chi connectivity index (χ2n) is 5.06. The van der Waals surface area contributed by atoms with Gasteiger partial charge in [0.1, 0.15) is 11.4 Å². The van der Waals surface area contributed by atoms with Gasteiger partial charge in [0.2, 0.25) is 0 Å². The standard InChI is InChI=1S/C12H22N4O4/c1-8(7-17)4-13-5-11(18)6-15-10(3)12(16(19)20)9(2)14-15/h8,11,13,17-18H,4-7H2,1-3H3. The Kier molecular flexibility index (Phi) is 6.05. The Morgan fingerprint density at radius 3 is 2.60 bits per heavy atom. The molecule has 1 aromatic heterocycles. The normalized spacial score (nSPS) is 14.2. The molecular formula is C12H22N4O4. The lowest BCUT2D eigenvalue weighted by molar-refractivity contribution is -0.386. The number of nitro groups is 1. The summed E-state index contributed by atoms with van der Waals surface area (Å²) in [6.45, 7) is 6.32. The van der Waals surface area contributed by atoms with Crippen molar-refractivity contribution in [2.75, 3.05) is 19.7 Å². The molecule has 1 rings (SSSR count). The molecule has 1 heterocycles. The predicted octanol–water partition coefficient (Wildman–Crippen LogP) is -0.0130. The van der Waals surface area contributed by atoms with Crippen molar-refractivity contribution in [3.05, 3.63) is 21.5 Å². The topological polar surface area (TPSA) is 113 Å². The molecule has 0 radical (unpaired) electrons.